The Balaban J connectivity index is 0.00000243. The number of guanidine groups is 1. The molecule has 26 heavy (non-hydrogen) atoms. The lowest BCUT2D eigenvalue weighted by atomic mass is 10.1. The van der Waals surface area contributed by atoms with Crippen LogP contribution in [0, 0.1) is 0 Å². The largest absolute Gasteiger partial charge is 0.361 e. The summed E-state index contributed by atoms with van der Waals surface area (Å²) in [6.07, 6.45) is 3.01. The number of nitrogens with one attached hydrogen (secondary N) is 3. The number of aliphatic imine (C=N–C) groups is 1. The van der Waals surface area contributed by atoms with Crippen molar-refractivity contribution in [1.82, 2.24) is 15.6 Å². The molecule has 0 fully saturated rings. The van der Waals surface area contributed by atoms with Crippen molar-refractivity contribution < 1.29 is 0 Å². The Morgan fingerprint density at radius 1 is 1.08 bits per heavy atom. The summed E-state index contributed by atoms with van der Waals surface area (Å²) in [4.78, 5) is 8.07. The highest BCUT2D eigenvalue weighted by Crippen LogP contribution is 2.18. The summed E-state index contributed by atoms with van der Waals surface area (Å²) in [6.45, 7) is 5.84. The summed E-state index contributed by atoms with van der Waals surface area (Å²) in [6, 6.07) is 19.0. The van der Waals surface area contributed by atoms with E-state index in [1.54, 1.807) is 0 Å². The SMILES string of the molecule is CCNC(=NCCc1c[nH]c2ccccc12)NC(C)c1ccccc1.I. The Labute approximate surface area is 172 Å². The molecule has 0 aliphatic rings. The van der Waals surface area contributed by atoms with Crippen LogP contribution in [0.15, 0.2) is 65.8 Å². The number of rotatable bonds is 6. The van der Waals surface area contributed by atoms with Crippen molar-refractivity contribution in [3.05, 3.63) is 71.9 Å². The smallest absolute Gasteiger partial charge is 0.191 e. The van der Waals surface area contributed by atoms with Gasteiger partial charge in [-0.1, -0.05) is 48.5 Å². The van der Waals surface area contributed by atoms with E-state index in [1.807, 2.05) is 6.07 Å². The number of benzene rings is 2. The first-order valence-electron chi connectivity index (χ1n) is 8.92. The van der Waals surface area contributed by atoms with E-state index in [0.717, 1.165) is 25.5 Å². The number of aromatic amines is 1. The number of hydrogen-bond acceptors (Lipinski definition) is 1. The van der Waals surface area contributed by atoms with Gasteiger partial charge < -0.3 is 15.6 Å². The van der Waals surface area contributed by atoms with Gasteiger partial charge in [0.05, 0.1) is 6.04 Å². The Hall–Kier alpha value is -2.02. The van der Waals surface area contributed by atoms with E-state index in [0.29, 0.717) is 0 Å². The molecule has 0 amide bonds. The number of H-pyrrole nitrogens is 1. The van der Waals surface area contributed by atoms with E-state index in [9.17, 15) is 0 Å². The van der Waals surface area contributed by atoms with Crippen LogP contribution >= 0.6 is 24.0 Å². The van der Waals surface area contributed by atoms with E-state index in [-0.39, 0.29) is 30.0 Å². The van der Waals surface area contributed by atoms with Crippen molar-refractivity contribution in [1.29, 1.82) is 0 Å². The van der Waals surface area contributed by atoms with E-state index < -0.39 is 0 Å². The molecule has 3 N–H and O–H groups in total. The molecule has 0 aliphatic heterocycles. The molecule has 3 aromatic rings. The molecular weight excluding hydrogens is 435 g/mol. The van der Waals surface area contributed by atoms with Crippen LogP contribution in [0.25, 0.3) is 10.9 Å². The van der Waals surface area contributed by atoms with Crippen LogP contribution in [0.1, 0.15) is 31.0 Å². The minimum absolute atomic E-state index is 0. The van der Waals surface area contributed by atoms with Crippen LogP contribution in [-0.4, -0.2) is 24.0 Å². The normalized spacial score (nSPS) is 12.5. The summed E-state index contributed by atoms with van der Waals surface area (Å²) in [5, 5.41) is 8.10. The second-order valence-electron chi connectivity index (χ2n) is 6.15. The first-order valence-corrected chi connectivity index (χ1v) is 8.92. The van der Waals surface area contributed by atoms with Gasteiger partial charge in [0, 0.05) is 30.2 Å². The lowest BCUT2D eigenvalue weighted by Gasteiger charge is -2.18. The fourth-order valence-corrected chi connectivity index (χ4v) is 2.98. The molecule has 0 radical (unpaired) electrons. The lowest BCUT2D eigenvalue weighted by Crippen LogP contribution is -2.38. The van der Waals surface area contributed by atoms with Gasteiger partial charge >= 0.3 is 0 Å². The Morgan fingerprint density at radius 3 is 2.58 bits per heavy atom. The summed E-state index contributed by atoms with van der Waals surface area (Å²) in [5.41, 5.74) is 3.75. The predicted molar refractivity (Wildman–Crippen MR) is 121 cm³/mol. The third kappa shape index (κ3) is 5.24. The van der Waals surface area contributed by atoms with Gasteiger partial charge in [-0.15, -0.1) is 24.0 Å². The van der Waals surface area contributed by atoms with Crippen LogP contribution < -0.4 is 10.6 Å². The zero-order chi connectivity index (χ0) is 17.5. The number of hydrogen-bond donors (Lipinski definition) is 3. The average molecular weight is 462 g/mol. The molecule has 0 saturated carbocycles. The monoisotopic (exact) mass is 462 g/mol. The highest BCUT2D eigenvalue weighted by atomic mass is 127. The standard InChI is InChI=1S/C21H26N4.HI/c1-3-22-21(25-16(2)17-9-5-4-6-10-17)23-14-13-18-15-24-20-12-8-7-11-19(18)20;/h4-12,15-16,24H,3,13-14H2,1-2H3,(H2,22,23,25);1H. The molecule has 4 nitrogen and oxygen atoms in total. The van der Waals surface area contributed by atoms with Crippen molar-refractivity contribution in [2.75, 3.05) is 13.1 Å². The number of halogens is 1. The minimum Gasteiger partial charge on any atom is -0.361 e. The van der Waals surface area contributed by atoms with Crippen molar-refractivity contribution >= 4 is 40.8 Å². The molecule has 0 aliphatic carbocycles. The van der Waals surface area contributed by atoms with Gasteiger partial charge in [-0.05, 0) is 37.5 Å². The summed E-state index contributed by atoms with van der Waals surface area (Å²) < 4.78 is 0. The summed E-state index contributed by atoms with van der Waals surface area (Å²) in [7, 11) is 0. The molecular formula is C21H27IN4. The van der Waals surface area contributed by atoms with Crippen LogP contribution in [0.5, 0.6) is 0 Å². The number of aromatic nitrogens is 1. The van der Waals surface area contributed by atoms with Crippen molar-refractivity contribution in [3.8, 4) is 0 Å². The van der Waals surface area contributed by atoms with E-state index >= 15 is 0 Å². The van der Waals surface area contributed by atoms with Gasteiger partial charge in [-0.2, -0.15) is 0 Å². The third-order valence-corrected chi connectivity index (χ3v) is 4.32. The number of fused-ring (bicyclic) bond motifs is 1. The Bertz CT molecular complexity index is 826. The van der Waals surface area contributed by atoms with E-state index in [2.05, 4.69) is 84.2 Å². The Kier molecular flexibility index (Phi) is 7.97. The second kappa shape index (κ2) is 10.2. The van der Waals surface area contributed by atoms with Crippen molar-refractivity contribution in [2.24, 2.45) is 4.99 Å². The molecule has 138 valence electrons. The molecule has 5 heteroatoms. The van der Waals surface area contributed by atoms with Crippen LogP contribution in [0.2, 0.25) is 0 Å². The number of nitrogens with zero attached hydrogens (tertiary/aromatic N) is 1. The molecule has 0 saturated heterocycles. The summed E-state index contributed by atoms with van der Waals surface area (Å²) in [5.74, 6) is 0.860. The molecule has 1 heterocycles. The van der Waals surface area contributed by atoms with Crippen LogP contribution in [0.3, 0.4) is 0 Å². The fraction of sp³-hybridized carbons (Fsp3) is 0.286. The van der Waals surface area contributed by atoms with Gasteiger partial charge in [-0.25, -0.2) is 0 Å². The quantitative estimate of drug-likeness (QED) is 0.284. The van der Waals surface area contributed by atoms with E-state index in [4.69, 9.17) is 4.99 Å². The highest BCUT2D eigenvalue weighted by molar-refractivity contribution is 14.0. The molecule has 1 atom stereocenters. The van der Waals surface area contributed by atoms with Gasteiger partial charge in [-0.3, -0.25) is 4.99 Å². The van der Waals surface area contributed by atoms with Crippen LogP contribution in [0.4, 0.5) is 0 Å². The molecule has 0 spiro atoms. The van der Waals surface area contributed by atoms with Gasteiger partial charge in [0.25, 0.3) is 0 Å². The van der Waals surface area contributed by atoms with Crippen molar-refractivity contribution in [3.63, 3.8) is 0 Å². The first kappa shape index (κ1) is 20.3. The maximum atomic E-state index is 4.74. The topological polar surface area (TPSA) is 52.2 Å². The predicted octanol–water partition coefficient (Wildman–Crippen LogP) is 4.64. The first-order chi connectivity index (χ1) is 12.3. The van der Waals surface area contributed by atoms with Gasteiger partial charge in [0.1, 0.15) is 0 Å². The van der Waals surface area contributed by atoms with Crippen molar-refractivity contribution in [2.45, 2.75) is 26.3 Å². The van der Waals surface area contributed by atoms with Gasteiger partial charge in [0.2, 0.25) is 0 Å². The third-order valence-electron chi connectivity index (χ3n) is 4.32. The van der Waals surface area contributed by atoms with Crippen LogP contribution in [-0.2, 0) is 6.42 Å². The minimum atomic E-state index is 0. The number of para-hydroxylation sites is 1. The highest BCUT2D eigenvalue weighted by Gasteiger charge is 2.07. The second-order valence-corrected chi connectivity index (χ2v) is 6.15. The van der Waals surface area contributed by atoms with Gasteiger partial charge in [0.15, 0.2) is 5.96 Å². The lowest BCUT2D eigenvalue weighted by molar-refractivity contribution is 0.686. The fourth-order valence-electron chi connectivity index (χ4n) is 2.98. The molecule has 1 aromatic heterocycles. The molecule has 3 rings (SSSR count). The Morgan fingerprint density at radius 2 is 1.81 bits per heavy atom. The molecule has 0 bridgehead atoms. The summed E-state index contributed by atoms with van der Waals surface area (Å²) >= 11 is 0. The average Bonchev–Trinajstić information content (AvgIpc) is 3.06. The zero-order valence-electron chi connectivity index (χ0n) is 15.3. The zero-order valence-corrected chi connectivity index (χ0v) is 17.7. The maximum Gasteiger partial charge on any atom is 0.191 e. The molecule has 1 unspecified atom stereocenters. The molecule has 2 aromatic carbocycles. The maximum absolute atomic E-state index is 4.74. The van der Waals surface area contributed by atoms with E-state index in [1.165, 1.54) is 22.0 Å².